The molecule has 30 heavy (non-hydrogen) atoms. The monoisotopic (exact) mass is 410 g/mol. The van der Waals surface area contributed by atoms with Crippen LogP contribution in [0, 0.1) is 5.82 Å². The molecule has 1 N–H and O–H groups in total. The van der Waals surface area contributed by atoms with Crippen LogP contribution in [-0.2, 0) is 16.0 Å². The van der Waals surface area contributed by atoms with Crippen LogP contribution < -0.4 is 10.1 Å². The predicted molar refractivity (Wildman–Crippen MR) is 104 cm³/mol. The molecular formula is C21H19FN4O4. The lowest BCUT2D eigenvalue weighted by Crippen LogP contribution is -2.58. The van der Waals surface area contributed by atoms with Gasteiger partial charge in [0.1, 0.15) is 17.6 Å². The van der Waals surface area contributed by atoms with Gasteiger partial charge in [0.15, 0.2) is 6.61 Å². The summed E-state index contributed by atoms with van der Waals surface area (Å²) in [6, 6.07) is 13.9. The minimum absolute atomic E-state index is 0.0912. The highest BCUT2D eigenvalue weighted by Crippen LogP contribution is 2.18. The summed E-state index contributed by atoms with van der Waals surface area (Å²) in [5, 5.41) is 6.70. The molecule has 1 aromatic heterocycles. The van der Waals surface area contributed by atoms with Crippen molar-refractivity contribution in [2.75, 3.05) is 19.7 Å². The molecule has 9 heteroatoms. The molecule has 1 aliphatic rings. The maximum atomic E-state index is 13.0. The molecule has 1 saturated heterocycles. The average molecular weight is 410 g/mol. The maximum absolute atomic E-state index is 13.0. The number of ether oxygens (including phenoxy) is 1. The van der Waals surface area contributed by atoms with E-state index in [2.05, 4.69) is 15.5 Å². The number of aromatic nitrogens is 2. The van der Waals surface area contributed by atoms with Crippen LogP contribution in [0.15, 0.2) is 59.1 Å². The van der Waals surface area contributed by atoms with E-state index in [0.29, 0.717) is 24.7 Å². The normalized spacial score (nSPS) is 16.2. The molecule has 3 aromatic rings. The number of nitrogens with zero attached hydrogens (tertiary/aromatic N) is 3. The van der Waals surface area contributed by atoms with Crippen molar-refractivity contribution in [3.63, 3.8) is 0 Å². The number of halogens is 1. The second-order valence-electron chi connectivity index (χ2n) is 6.72. The van der Waals surface area contributed by atoms with Gasteiger partial charge in [-0.05, 0) is 24.3 Å². The first-order chi connectivity index (χ1) is 14.6. The molecule has 4 rings (SSSR count). The van der Waals surface area contributed by atoms with E-state index in [0.717, 1.165) is 5.56 Å². The first-order valence-corrected chi connectivity index (χ1v) is 9.44. The van der Waals surface area contributed by atoms with Crippen molar-refractivity contribution in [2.45, 2.75) is 12.5 Å². The van der Waals surface area contributed by atoms with Gasteiger partial charge in [-0.25, -0.2) is 4.39 Å². The van der Waals surface area contributed by atoms with Gasteiger partial charge < -0.3 is 19.5 Å². The van der Waals surface area contributed by atoms with E-state index < -0.39 is 11.9 Å². The Morgan fingerprint density at radius 2 is 1.97 bits per heavy atom. The van der Waals surface area contributed by atoms with Gasteiger partial charge in [-0.1, -0.05) is 35.5 Å². The van der Waals surface area contributed by atoms with Crippen LogP contribution in [-0.4, -0.2) is 52.6 Å². The molecule has 0 bridgehead atoms. The third kappa shape index (κ3) is 4.45. The Morgan fingerprint density at radius 1 is 1.20 bits per heavy atom. The highest BCUT2D eigenvalue weighted by molar-refractivity contribution is 5.89. The third-order valence-electron chi connectivity index (χ3n) is 4.70. The van der Waals surface area contributed by atoms with Crippen molar-refractivity contribution in [1.29, 1.82) is 0 Å². The van der Waals surface area contributed by atoms with Crippen LogP contribution in [0.1, 0.15) is 5.89 Å². The van der Waals surface area contributed by atoms with Gasteiger partial charge in [-0.3, -0.25) is 9.59 Å². The predicted octanol–water partition coefficient (Wildman–Crippen LogP) is 1.82. The summed E-state index contributed by atoms with van der Waals surface area (Å²) < 4.78 is 23.7. The van der Waals surface area contributed by atoms with Crippen LogP contribution >= 0.6 is 0 Å². The fourth-order valence-corrected chi connectivity index (χ4v) is 3.18. The Balaban J connectivity index is 1.43. The molecule has 0 spiro atoms. The summed E-state index contributed by atoms with van der Waals surface area (Å²) in [4.78, 5) is 30.9. The van der Waals surface area contributed by atoms with Crippen LogP contribution in [0.3, 0.4) is 0 Å². The number of carbonyl (C=O) groups is 2. The van der Waals surface area contributed by atoms with Gasteiger partial charge in [0.2, 0.25) is 17.6 Å². The van der Waals surface area contributed by atoms with Gasteiger partial charge in [0.05, 0.1) is 6.42 Å². The number of nitrogens with one attached hydrogen (secondary N) is 1. The van der Waals surface area contributed by atoms with E-state index in [4.69, 9.17) is 9.26 Å². The van der Waals surface area contributed by atoms with Gasteiger partial charge >= 0.3 is 0 Å². The zero-order valence-electron chi connectivity index (χ0n) is 16.0. The molecule has 2 amide bonds. The molecule has 1 aliphatic heterocycles. The highest BCUT2D eigenvalue weighted by Gasteiger charge is 2.34. The molecule has 154 valence electrons. The van der Waals surface area contributed by atoms with E-state index in [-0.39, 0.29) is 30.7 Å². The van der Waals surface area contributed by atoms with Gasteiger partial charge in [-0.15, -0.1) is 0 Å². The summed E-state index contributed by atoms with van der Waals surface area (Å²) in [5.74, 6) is -0.00616. The number of carbonyl (C=O) groups excluding carboxylic acids is 2. The zero-order chi connectivity index (χ0) is 20.9. The summed E-state index contributed by atoms with van der Waals surface area (Å²) in [6.07, 6.45) is 0.0912. The SMILES string of the molecule is O=C1NCCN(C(=O)COc2ccc(F)cc2)C1Cc1nc(-c2ccccc2)no1. The molecule has 1 atom stereocenters. The molecule has 0 radical (unpaired) electrons. The van der Waals surface area contributed by atoms with Crippen LogP contribution in [0.2, 0.25) is 0 Å². The van der Waals surface area contributed by atoms with Crippen molar-refractivity contribution in [1.82, 2.24) is 20.4 Å². The lowest BCUT2D eigenvalue weighted by molar-refractivity contribution is -0.144. The maximum Gasteiger partial charge on any atom is 0.261 e. The summed E-state index contributed by atoms with van der Waals surface area (Å²) in [5.41, 5.74) is 0.793. The minimum atomic E-state index is -0.785. The van der Waals surface area contributed by atoms with E-state index in [1.807, 2.05) is 30.3 Å². The van der Waals surface area contributed by atoms with Crippen molar-refractivity contribution in [3.05, 3.63) is 66.3 Å². The molecular weight excluding hydrogens is 391 g/mol. The van der Waals surface area contributed by atoms with Crippen molar-refractivity contribution < 1.29 is 23.2 Å². The largest absolute Gasteiger partial charge is 0.484 e. The van der Waals surface area contributed by atoms with Gasteiger partial charge in [-0.2, -0.15) is 4.98 Å². The second kappa shape index (κ2) is 8.73. The lowest BCUT2D eigenvalue weighted by Gasteiger charge is -2.34. The first kappa shape index (κ1) is 19.6. The highest BCUT2D eigenvalue weighted by atomic mass is 19.1. The first-order valence-electron chi connectivity index (χ1n) is 9.44. The van der Waals surface area contributed by atoms with Crippen LogP contribution in [0.5, 0.6) is 5.75 Å². The average Bonchev–Trinajstić information content (AvgIpc) is 3.24. The Kier molecular flexibility index (Phi) is 5.69. The Bertz CT molecular complexity index is 1020. The number of rotatable bonds is 6. The summed E-state index contributed by atoms with van der Waals surface area (Å²) >= 11 is 0. The summed E-state index contributed by atoms with van der Waals surface area (Å²) in [7, 11) is 0. The molecule has 0 aliphatic carbocycles. The molecule has 1 unspecified atom stereocenters. The number of hydrogen-bond donors (Lipinski definition) is 1. The number of benzene rings is 2. The quantitative estimate of drug-likeness (QED) is 0.666. The molecule has 2 aromatic carbocycles. The lowest BCUT2D eigenvalue weighted by atomic mass is 10.1. The Morgan fingerprint density at radius 3 is 2.73 bits per heavy atom. The Hall–Kier alpha value is -3.75. The van der Waals surface area contributed by atoms with Crippen molar-refractivity contribution in [3.8, 4) is 17.1 Å². The van der Waals surface area contributed by atoms with Crippen LogP contribution in [0.4, 0.5) is 4.39 Å². The van der Waals surface area contributed by atoms with E-state index in [9.17, 15) is 14.0 Å². The summed E-state index contributed by atoms with van der Waals surface area (Å²) in [6.45, 7) is 0.410. The second-order valence-corrected chi connectivity index (χ2v) is 6.72. The number of amides is 2. The molecule has 0 saturated carbocycles. The number of piperazine rings is 1. The Labute approximate surface area is 171 Å². The van der Waals surface area contributed by atoms with E-state index in [1.165, 1.54) is 29.2 Å². The van der Waals surface area contributed by atoms with Crippen LogP contribution in [0.25, 0.3) is 11.4 Å². The molecule has 8 nitrogen and oxygen atoms in total. The van der Waals surface area contributed by atoms with Gasteiger partial charge in [0.25, 0.3) is 5.91 Å². The standard InChI is InChI=1S/C21H19FN4O4/c22-15-6-8-16(9-7-15)29-13-19(27)26-11-10-23-21(28)17(26)12-18-24-20(25-30-18)14-4-2-1-3-5-14/h1-9,17H,10-13H2,(H,23,28). The zero-order valence-corrected chi connectivity index (χ0v) is 16.0. The molecule has 2 heterocycles. The van der Waals surface area contributed by atoms with Crippen molar-refractivity contribution in [2.24, 2.45) is 0 Å². The minimum Gasteiger partial charge on any atom is -0.484 e. The van der Waals surface area contributed by atoms with Crippen molar-refractivity contribution >= 4 is 11.8 Å². The topological polar surface area (TPSA) is 97.6 Å². The fourth-order valence-electron chi connectivity index (χ4n) is 3.18. The van der Waals surface area contributed by atoms with E-state index >= 15 is 0 Å². The van der Waals surface area contributed by atoms with E-state index in [1.54, 1.807) is 0 Å². The molecule has 1 fully saturated rings. The third-order valence-corrected chi connectivity index (χ3v) is 4.70. The number of hydrogen-bond acceptors (Lipinski definition) is 6. The fraction of sp³-hybridized carbons (Fsp3) is 0.238. The smallest absolute Gasteiger partial charge is 0.261 e. The van der Waals surface area contributed by atoms with Gasteiger partial charge in [0, 0.05) is 18.7 Å².